The van der Waals surface area contributed by atoms with Gasteiger partial charge in [-0.3, -0.25) is 0 Å². The van der Waals surface area contributed by atoms with Crippen molar-refractivity contribution in [3.8, 4) is 5.75 Å². The van der Waals surface area contributed by atoms with Crippen LogP contribution in [0.1, 0.15) is 5.56 Å². The molecule has 2 amide bonds. The van der Waals surface area contributed by atoms with E-state index in [1.807, 2.05) is 6.92 Å². The summed E-state index contributed by atoms with van der Waals surface area (Å²) in [5.41, 5.74) is 1.31. The average Bonchev–Trinajstić information content (AvgIpc) is 2.33. The number of hydrogen-bond acceptors (Lipinski definition) is 4. The standard InChI is InChI=1S/C12H18N2O4/c1-9-3-4-11(15)10(7-9)14-12(16)13-8-18-6-5-17-2/h3-4,7,15H,5-6,8H2,1-2H3,(H2,13,14,16). The van der Waals surface area contributed by atoms with Gasteiger partial charge in [0.05, 0.1) is 18.9 Å². The number of benzene rings is 1. The molecule has 0 aliphatic heterocycles. The van der Waals surface area contributed by atoms with Crippen molar-refractivity contribution in [3.05, 3.63) is 23.8 Å². The van der Waals surface area contributed by atoms with E-state index in [1.54, 1.807) is 19.2 Å². The molecule has 0 fully saturated rings. The van der Waals surface area contributed by atoms with Crippen molar-refractivity contribution in [1.82, 2.24) is 5.32 Å². The Labute approximate surface area is 106 Å². The van der Waals surface area contributed by atoms with Gasteiger partial charge in [0.25, 0.3) is 0 Å². The Bertz CT molecular complexity index is 396. The van der Waals surface area contributed by atoms with Gasteiger partial charge in [-0.25, -0.2) is 4.79 Å². The van der Waals surface area contributed by atoms with Crippen LogP contribution < -0.4 is 10.6 Å². The molecule has 6 nitrogen and oxygen atoms in total. The highest BCUT2D eigenvalue weighted by molar-refractivity contribution is 5.90. The molecule has 0 heterocycles. The molecule has 3 N–H and O–H groups in total. The minimum atomic E-state index is -0.437. The zero-order valence-corrected chi connectivity index (χ0v) is 10.5. The lowest BCUT2D eigenvalue weighted by Gasteiger charge is -2.10. The van der Waals surface area contributed by atoms with Gasteiger partial charge in [0.15, 0.2) is 0 Å². The fraction of sp³-hybridized carbons (Fsp3) is 0.417. The number of aromatic hydroxyl groups is 1. The van der Waals surface area contributed by atoms with Gasteiger partial charge in [0, 0.05) is 7.11 Å². The highest BCUT2D eigenvalue weighted by Gasteiger charge is 2.05. The van der Waals surface area contributed by atoms with E-state index >= 15 is 0 Å². The van der Waals surface area contributed by atoms with Crippen LogP contribution in [0.15, 0.2) is 18.2 Å². The number of rotatable bonds is 6. The van der Waals surface area contributed by atoms with Gasteiger partial charge in [-0.15, -0.1) is 0 Å². The van der Waals surface area contributed by atoms with E-state index in [1.165, 1.54) is 6.07 Å². The molecule has 0 atom stereocenters. The first-order valence-electron chi connectivity index (χ1n) is 5.54. The minimum Gasteiger partial charge on any atom is -0.506 e. The van der Waals surface area contributed by atoms with Gasteiger partial charge in [-0.2, -0.15) is 0 Å². The maximum atomic E-state index is 11.5. The third-order valence-corrected chi connectivity index (χ3v) is 2.17. The lowest BCUT2D eigenvalue weighted by atomic mass is 10.2. The number of aryl methyl sites for hydroxylation is 1. The summed E-state index contributed by atoms with van der Waals surface area (Å²) in [6.45, 7) is 2.84. The Morgan fingerprint density at radius 3 is 2.89 bits per heavy atom. The molecule has 0 saturated heterocycles. The molecule has 18 heavy (non-hydrogen) atoms. The van der Waals surface area contributed by atoms with Gasteiger partial charge in [0.1, 0.15) is 12.5 Å². The van der Waals surface area contributed by atoms with Crippen LogP contribution >= 0.6 is 0 Å². The highest BCUT2D eigenvalue weighted by Crippen LogP contribution is 2.23. The third-order valence-electron chi connectivity index (χ3n) is 2.17. The van der Waals surface area contributed by atoms with E-state index in [0.717, 1.165) is 5.56 Å². The van der Waals surface area contributed by atoms with Crippen LogP contribution in [0.25, 0.3) is 0 Å². The number of ether oxygens (including phenoxy) is 2. The summed E-state index contributed by atoms with van der Waals surface area (Å²) in [6.07, 6.45) is 0. The Kier molecular flexibility index (Phi) is 5.96. The molecule has 0 aliphatic rings. The Hall–Kier alpha value is -1.79. The Morgan fingerprint density at radius 1 is 1.39 bits per heavy atom. The number of methoxy groups -OCH3 is 1. The molecule has 0 aromatic heterocycles. The lowest BCUT2D eigenvalue weighted by molar-refractivity contribution is 0.0650. The van der Waals surface area contributed by atoms with Crippen molar-refractivity contribution in [2.45, 2.75) is 6.92 Å². The van der Waals surface area contributed by atoms with Crippen molar-refractivity contribution in [1.29, 1.82) is 0 Å². The predicted molar refractivity (Wildman–Crippen MR) is 67.7 cm³/mol. The molecule has 0 spiro atoms. The number of carbonyl (C=O) groups is 1. The molecule has 0 aliphatic carbocycles. The Morgan fingerprint density at radius 2 is 2.17 bits per heavy atom. The molecule has 100 valence electrons. The molecule has 6 heteroatoms. The summed E-state index contributed by atoms with van der Waals surface area (Å²) in [7, 11) is 1.57. The van der Waals surface area contributed by atoms with Crippen LogP contribution in [0.5, 0.6) is 5.75 Å². The second-order valence-corrected chi connectivity index (χ2v) is 3.70. The maximum absolute atomic E-state index is 11.5. The van der Waals surface area contributed by atoms with Crippen molar-refractivity contribution in [2.24, 2.45) is 0 Å². The van der Waals surface area contributed by atoms with Crippen LogP contribution in [0, 0.1) is 6.92 Å². The smallest absolute Gasteiger partial charge is 0.321 e. The number of hydrogen-bond donors (Lipinski definition) is 3. The summed E-state index contributed by atoms with van der Waals surface area (Å²) in [4.78, 5) is 11.5. The van der Waals surface area contributed by atoms with Gasteiger partial charge in [-0.1, -0.05) is 6.07 Å². The van der Waals surface area contributed by atoms with Crippen LogP contribution in [0.3, 0.4) is 0 Å². The fourth-order valence-electron chi connectivity index (χ4n) is 1.25. The molecule has 0 saturated carbocycles. The number of urea groups is 1. The number of anilines is 1. The van der Waals surface area contributed by atoms with E-state index < -0.39 is 6.03 Å². The monoisotopic (exact) mass is 254 g/mol. The number of carbonyl (C=O) groups excluding carboxylic acids is 1. The first-order chi connectivity index (χ1) is 8.63. The zero-order chi connectivity index (χ0) is 13.4. The van der Waals surface area contributed by atoms with Crippen LogP contribution in [0.4, 0.5) is 10.5 Å². The number of amides is 2. The van der Waals surface area contributed by atoms with Crippen molar-refractivity contribution < 1.29 is 19.4 Å². The van der Waals surface area contributed by atoms with E-state index in [2.05, 4.69) is 10.6 Å². The summed E-state index contributed by atoms with van der Waals surface area (Å²) >= 11 is 0. The van der Waals surface area contributed by atoms with E-state index in [-0.39, 0.29) is 12.5 Å². The molecular weight excluding hydrogens is 236 g/mol. The van der Waals surface area contributed by atoms with Gasteiger partial charge < -0.3 is 25.2 Å². The summed E-state index contributed by atoms with van der Waals surface area (Å²) in [5.74, 6) is 0.0241. The first kappa shape index (κ1) is 14.3. The zero-order valence-electron chi connectivity index (χ0n) is 10.5. The molecule has 1 rings (SSSR count). The maximum Gasteiger partial charge on any atom is 0.321 e. The predicted octanol–water partition coefficient (Wildman–Crippen LogP) is 1.44. The number of phenols is 1. The quantitative estimate of drug-likeness (QED) is 0.408. The fourth-order valence-corrected chi connectivity index (χ4v) is 1.25. The SMILES string of the molecule is COCCOCNC(=O)Nc1cc(C)ccc1O. The largest absolute Gasteiger partial charge is 0.506 e. The van der Waals surface area contributed by atoms with E-state index in [0.29, 0.717) is 18.9 Å². The second-order valence-electron chi connectivity index (χ2n) is 3.70. The molecule has 1 aromatic carbocycles. The van der Waals surface area contributed by atoms with Gasteiger partial charge in [-0.05, 0) is 24.6 Å². The highest BCUT2D eigenvalue weighted by atomic mass is 16.5. The van der Waals surface area contributed by atoms with Crippen LogP contribution in [-0.4, -0.2) is 38.2 Å². The third kappa shape index (κ3) is 5.03. The number of nitrogens with one attached hydrogen (secondary N) is 2. The average molecular weight is 254 g/mol. The lowest BCUT2D eigenvalue weighted by Crippen LogP contribution is -2.31. The molecular formula is C12H18N2O4. The van der Waals surface area contributed by atoms with Crippen LogP contribution in [-0.2, 0) is 9.47 Å². The summed E-state index contributed by atoms with van der Waals surface area (Å²) in [5, 5.41) is 14.6. The molecule has 0 radical (unpaired) electrons. The second kappa shape index (κ2) is 7.52. The van der Waals surface area contributed by atoms with Crippen LogP contribution in [0.2, 0.25) is 0 Å². The molecule has 0 unspecified atom stereocenters. The van der Waals surface area contributed by atoms with E-state index in [9.17, 15) is 9.90 Å². The van der Waals surface area contributed by atoms with Gasteiger partial charge in [0.2, 0.25) is 0 Å². The first-order valence-corrected chi connectivity index (χ1v) is 5.54. The minimum absolute atomic E-state index is 0.0241. The van der Waals surface area contributed by atoms with Crippen molar-refractivity contribution in [3.63, 3.8) is 0 Å². The van der Waals surface area contributed by atoms with Crippen molar-refractivity contribution in [2.75, 3.05) is 32.4 Å². The summed E-state index contributed by atoms with van der Waals surface area (Å²) < 4.78 is 9.86. The molecule has 1 aromatic rings. The normalized spacial score (nSPS) is 10.1. The summed E-state index contributed by atoms with van der Waals surface area (Å²) in [6, 6.07) is 4.53. The topological polar surface area (TPSA) is 79.8 Å². The number of phenolic OH excluding ortho intramolecular Hbond substituents is 1. The molecule has 0 bridgehead atoms. The van der Waals surface area contributed by atoms with Gasteiger partial charge >= 0.3 is 6.03 Å². The van der Waals surface area contributed by atoms with E-state index in [4.69, 9.17) is 9.47 Å². The van der Waals surface area contributed by atoms with Crippen molar-refractivity contribution >= 4 is 11.7 Å². The Balaban J connectivity index is 2.33.